The maximum atomic E-state index is 11.6. The molecule has 0 radical (unpaired) electrons. The van der Waals surface area contributed by atoms with Crippen LogP contribution in [0.2, 0.25) is 0 Å². The van der Waals surface area contributed by atoms with Crippen molar-refractivity contribution in [1.82, 2.24) is 4.31 Å². The number of rotatable bonds is 3. The van der Waals surface area contributed by atoms with Crippen molar-refractivity contribution in [2.75, 3.05) is 14.1 Å². The van der Waals surface area contributed by atoms with E-state index < -0.39 is 25.4 Å². The van der Waals surface area contributed by atoms with Crippen LogP contribution in [0.5, 0.6) is 0 Å². The van der Waals surface area contributed by atoms with Gasteiger partial charge in [0, 0.05) is 0 Å². The summed E-state index contributed by atoms with van der Waals surface area (Å²) in [4.78, 5) is 0.145. The Balaban J connectivity index is 3.10. The summed E-state index contributed by atoms with van der Waals surface area (Å²) >= 11 is -2.90. The van der Waals surface area contributed by atoms with E-state index in [4.69, 9.17) is 8.19 Å². The molecule has 0 heterocycles. The molecule has 1 aromatic carbocycles. The van der Waals surface area contributed by atoms with Crippen molar-refractivity contribution in [2.45, 2.75) is 4.90 Å². The molecule has 2 N–H and O–H groups in total. The summed E-state index contributed by atoms with van der Waals surface area (Å²) < 4.78 is 42.7. The third-order valence-electron chi connectivity index (χ3n) is 1.85. The van der Waals surface area contributed by atoms with Gasteiger partial charge in [0.25, 0.3) is 0 Å². The first kappa shape index (κ1) is 12.7. The molecular weight excluding hydrogens is 281 g/mol. The molecule has 5 nitrogen and oxygen atoms in total. The maximum absolute atomic E-state index is 11.6. The van der Waals surface area contributed by atoms with Crippen molar-refractivity contribution in [3.05, 3.63) is 24.3 Å². The molecule has 0 aliphatic heterocycles. The van der Waals surface area contributed by atoms with E-state index in [0.717, 1.165) is 4.31 Å². The van der Waals surface area contributed by atoms with Gasteiger partial charge in [-0.3, -0.25) is 0 Å². The van der Waals surface area contributed by atoms with E-state index in [0.29, 0.717) is 4.35 Å². The molecule has 0 aliphatic carbocycles. The molecule has 0 fully saturated rings. The summed E-state index contributed by atoms with van der Waals surface area (Å²) in [6, 6.07) is 5.60. The quantitative estimate of drug-likeness (QED) is 0.673. The Bertz CT molecular complexity index is 426. The van der Waals surface area contributed by atoms with Crippen LogP contribution < -0.4 is 4.35 Å². The Morgan fingerprint density at radius 1 is 1.13 bits per heavy atom. The van der Waals surface area contributed by atoms with Gasteiger partial charge in [-0.2, -0.15) is 0 Å². The van der Waals surface area contributed by atoms with Crippen LogP contribution in [0.1, 0.15) is 0 Å². The monoisotopic (exact) mass is 293 g/mol. The van der Waals surface area contributed by atoms with Gasteiger partial charge >= 0.3 is 93.9 Å². The zero-order valence-corrected chi connectivity index (χ0v) is 11.0. The Morgan fingerprint density at radius 3 is 1.93 bits per heavy atom. The summed E-state index contributed by atoms with van der Waals surface area (Å²) in [6.07, 6.45) is 0. The first-order valence-corrected chi connectivity index (χ1v) is 8.12. The van der Waals surface area contributed by atoms with E-state index in [2.05, 4.69) is 0 Å². The molecular formula is C8H12AsNO4S. The number of sulfonamides is 1. The van der Waals surface area contributed by atoms with Crippen molar-refractivity contribution < 1.29 is 16.6 Å². The molecule has 1 aromatic rings. The second-order valence-electron chi connectivity index (χ2n) is 3.07. The number of benzene rings is 1. The minimum absolute atomic E-state index is 0.145. The molecule has 84 valence electrons. The van der Waals surface area contributed by atoms with Gasteiger partial charge in [0.1, 0.15) is 0 Å². The molecule has 0 atom stereocenters. The van der Waals surface area contributed by atoms with E-state index in [-0.39, 0.29) is 4.90 Å². The van der Waals surface area contributed by atoms with Crippen LogP contribution in [-0.2, 0) is 10.0 Å². The van der Waals surface area contributed by atoms with Gasteiger partial charge in [-0.1, -0.05) is 0 Å². The van der Waals surface area contributed by atoms with E-state index in [1.54, 1.807) is 0 Å². The van der Waals surface area contributed by atoms with Gasteiger partial charge in [0.05, 0.1) is 0 Å². The molecule has 7 heteroatoms. The molecule has 0 unspecified atom stereocenters. The normalized spacial score (nSPS) is 12.4. The van der Waals surface area contributed by atoms with Crippen LogP contribution in [0, 0.1) is 0 Å². The molecule has 0 saturated carbocycles. The summed E-state index contributed by atoms with van der Waals surface area (Å²) in [5.41, 5.74) is 0. The molecule has 0 amide bonds. The van der Waals surface area contributed by atoms with Gasteiger partial charge in [-0.15, -0.1) is 0 Å². The Hall–Kier alpha value is -0.392. The average Bonchev–Trinajstić information content (AvgIpc) is 2.17. The van der Waals surface area contributed by atoms with Crippen molar-refractivity contribution in [3.8, 4) is 0 Å². The molecule has 0 aliphatic rings. The van der Waals surface area contributed by atoms with Gasteiger partial charge in [0.15, 0.2) is 0 Å². The van der Waals surface area contributed by atoms with E-state index in [1.165, 1.54) is 38.4 Å². The van der Waals surface area contributed by atoms with Crippen molar-refractivity contribution in [1.29, 1.82) is 0 Å². The first-order valence-electron chi connectivity index (χ1n) is 4.06. The van der Waals surface area contributed by atoms with Gasteiger partial charge < -0.3 is 0 Å². The standard InChI is InChI=1S/C8H12AsNO4S/c1-10(2)15(13,14)8-5-3-7(4-6-8)9(11)12/h3-6,11-12H,1-2H3. The number of hydrogen-bond donors (Lipinski definition) is 2. The van der Waals surface area contributed by atoms with Crippen LogP contribution in [0.3, 0.4) is 0 Å². The fourth-order valence-corrected chi connectivity index (χ4v) is 2.74. The summed E-state index contributed by atoms with van der Waals surface area (Å²) in [6.45, 7) is 0. The van der Waals surface area contributed by atoms with Crippen LogP contribution >= 0.6 is 0 Å². The van der Waals surface area contributed by atoms with E-state index in [1.807, 2.05) is 0 Å². The Kier molecular flexibility index (Phi) is 3.92. The fourth-order valence-electron chi connectivity index (χ4n) is 0.962. The Morgan fingerprint density at radius 2 is 1.60 bits per heavy atom. The number of nitrogens with zero attached hydrogens (tertiary/aromatic N) is 1. The van der Waals surface area contributed by atoms with Gasteiger partial charge in [0.2, 0.25) is 0 Å². The molecule has 0 spiro atoms. The summed E-state index contributed by atoms with van der Waals surface area (Å²) in [7, 11) is -0.546. The second-order valence-corrected chi connectivity index (χ2v) is 7.52. The predicted octanol–water partition coefficient (Wildman–Crippen LogP) is -1.38. The molecule has 0 bridgehead atoms. The topological polar surface area (TPSA) is 77.8 Å². The molecule has 1 rings (SSSR count). The van der Waals surface area contributed by atoms with Crippen molar-refractivity contribution in [3.63, 3.8) is 0 Å². The third kappa shape index (κ3) is 2.80. The van der Waals surface area contributed by atoms with E-state index in [9.17, 15) is 8.42 Å². The fraction of sp³-hybridized carbons (Fsp3) is 0.250. The van der Waals surface area contributed by atoms with Crippen LogP contribution in [0.25, 0.3) is 0 Å². The van der Waals surface area contributed by atoms with Crippen LogP contribution in [0.15, 0.2) is 29.2 Å². The zero-order valence-electron chi connectivity index (χ0n) is 8.32. The third-order valence-corrected chi connectivity index (χ3v) is 5.27. The minimum atomic E-state index is -3.43. The van der Waals surface area contributed by atoms with Crippen molar-refractivity contribution >= 4 is 29.7 Å². The summed E-state index contributed by atoms with van der Waals surface area (Å²) in [5, 5.41) is 0. The SMILES string of the molecule is CN(C)S(=O)(=O)c1ccc([As](O)O)cc1. The number of hydrogen-bond acceptors (Lipinski definition) is 4. The first-order chi connectivity index (χ1) is 6.85. The Labute approximate surface area is 94.0 Å². The average molecular weight is 293 g/mol. The van der Waals surface area contributed by atoms with Crippen LogP contribution in [-0.4, -0.2) is 50.3 Å². The van der Waals surface area contributed by atoms with Crippen molar-refractivity contribution in [2.24, 2.45) is 0 Å². The van der Waals surface area contributed by atoms with Gasteiger partial charge in [-0.05, 0) is 0 Å². The predicted molar refractivity (Wildman–Crippen MR) is 57.1 cm³/mol. The van der Waals surface area contributed by atoms with Crippen LogP contribution in [0.4, 0.5) is 0 Å². The zero-order chi connectivity index (χ0) is 11.6. The molecule has 15 heavy (non-hydrogen) atoms. The molecule has 0 saturated heterocycles. The van der Waals surface area contributed by atoms with Gasteiger partial charge in [-0.25, -0.2) is 0 Å². The van der Waals surface area contributed by atoms with E-state index >= 15 is 0 Å². The summed E-state index contributed by atoms with van der Waals surface area (Å²) in [5.74, 6) is 0. The molecule has 0 aromatic heterocycles. The second kappa shape index (κ2) is 4.63.